The van der Waals surface area contributed by atoms with Crippen LogP contribution in [0, 0.1) is 5.92 Å². The number of hydrogen-bond donors (Lipinski definition) is 1. The van der Waals surface area contributed by atoms with E-state index in [4.69, 9.17) is 10.5 Å². The fourth-order valence-corrected chi connectivity index (χ4v) is 4.32. The van der Waals surface area contributed by atoms with Crippen molar-refractivity contribution in [2.75, 3.05) is 20.2 Å². The molecule has 1 saturated heterocycles. The van der Waals surface area contributed by atoms with Gasteiger partial charge in [-0.1, -0.05) is 26.2 Å². The number of nitrogens with two attached hydrogens (primary N) is 1. The highest BCUT2D eigenvalue weighted by Gasteiger charge is 2.46. The Bertz CT molecular complexity index is 271. The van der Waals surface area contributed by atoms with Gasteiger partial charge in [0.1, 0.15) is 0 Å². The van der Waals surface area contributed by atoms with E-state index < -0.39 is 0 Å². The first kappa shape index (κ1) is 14.3. The molecule has 0 spiro atoms. The second kappa shape index (κ2) is 5.89. The van der Waals surface area contributed by atoms with Gasteiger partial charge in [-0.2, -0.15) is 0 Å². The van der Waals surface area contributed by atoms with Crippen LogP contribution in [0.2, 0.25) is 0 Å². The zero-order valence-corrected chi connectivity index (χ0v) is 12.3. The Labute approximate surface area is 112 Å². The van der Waals surface area contributed by atoms with E-state index in [2.05, 4.69) is 25.8 Å². The first-order valence-electron chi connectivity index (χ1n) is 7.70. The van der Waals surface area contributed by atoms with Crippen molar-refractivity contribution in [3.63, 3.8) is 0 Å². The summed E-state index contributed by atoms with van der Waals surface area (Å²) >= 11 is 0. The quantitative estimate of drug-likeness (QED) is 0.837. The van der Waals surface area contributed by atoms with Crippen LogP contribution < -0.4 is 5.73 Å². The lowest BCUT2D eigenvalue weighted by atomic mass is 9.69. The fraction of sp³-hybridized carbons (Fsp3) is 1.00. The molecular weight excluding hydrogens is 224 g/mol. The first-order valence-corrected chi connectivity index (χ1v) is 7.70. The van der Waals surface area contributed by atoms with E-state index in [1.54, 1.807) is 0 Å². The van der Waals surface area contributed by atoms with Gasteiger partial charge >= 0.3 is 0 Å². The van der Waals surface area contributed by atoms with Crippen LogP contribution in [0.15, 0.2) is 0 Å². The van der Waals surface area contributed by atoms with Gasteiger partial charge in [0.05, 0.1) is 6.10 Å². The molecule has 1 heterocycles. The number of rotatable bonds is 4. The molecule has 1 aliphatic carbocycles. The molecule has 2 fully saturated rings. The zero-order chi connectivity index (χ0) is 13.2. The Balaban J connectivity index is 2.18. The molecule has 2 aliphatic rings. The predicted molar refractivity (Wildman–Crippen MR) is 75.6 cm³/mol. The van der Waals surface area contributed by atoms with E-state index in [0.717, 1.165) is 25.5 Å². The van der Waals surface area contributed by atoms with Crippen LogP contribution in [0.1, 0.15) is 52.4 Å². The summed E-state index contributed by atoms with van der Waals surface area (Å²) in [5.74, 6) is 0.758. The number of likely N-dealkylation sites (N-methyl/N-ethyl adjacent to an activating group) is 1. The van der Waals surface area contributed by atoms with E-state index in [1.807, 2.05) is 0 Å². The fourth-order valence-electron chi connectivity index (χ4n) is 4.32. The van der Waals surface area contributed by atoms with E-state index >= 15 is 0 Å². The summed E-state index contributed by atoms with van der Waals surface area (Å²) in [7, 11) is 2.29. The van der Waals surface area contributed by atoms with Crippen LogP contribution in [-0.4, -0.2) is 42.8 Å². The second-order valence-electron chi connectivity index (χ2n) is 6.20. The van der Waals surface area contributed by atoms with Gasteiger partial charge in [0.2, 0.25) is 0 Å². The molecular formula is C15H30N2O. The van der Waals surface area contributed by atoms with Gasteiger partial charge in [-0.15, -0.1) is 0 Å². The lowest BCUT2D eigenvalue weighted by Crippen LogP contribution is -2.62. The summed E-state index contributed by atoms with van der Waals surface area (Å²) in [5.41, 5.74) is 6.46. The summed E-state index contributed by atoms with van der Waals surface area (Å²) < 4.78 is 5.75. The van der Waals surface area contributed by atoms with E-state index in [9.17, 15) is 0 Å². The molecule has 1 saturated carbocycles. The first-order chi connectivity index (χ1) is 8.65. The topological polar surface area (TPSA) is 38.5 Å². The summed E-state index contributed by atoms with van der Waals surface area (Å²) in [4.78, 5) is 2.60. The third-order valence-electron chi connectivity index (χ3n) is 5.55. The predicted octanol–water partition coefficient (Wildman–Crippen LogP) is 2.39. The van der Waals surface area contributed by atoms with Crippen molar-refractivity contribution in [1.82, 2.24) is 4.90 Å². The Morgan fingerprint density at radius 2 is 2.11 bits per heavy atom. The van der Waals surface area contributed by atoms with Crippen molar-refractivity contribution in [1.29, 1.82) is 0 Å². The Morgan fingerprint density at radius 3 is 2.67 bits per heavy atom. The highest BCUT2D eigenvalue weighted by atomic mass is 16.5. The highest BCUT2D eigenvalue weighted by Crippen LogP contribution is 2.41. The van der Waals surface area contributed by atoms with Crippen molar-refractivity contribution in [2.24, 2.45) is 11.7 Å². The second-order valence-corrected chi connectivity index (χ2v) is 6.20. The summed E-state index contributed by atoms with van der Waals surface area (Å²) in [5, 5.41) is 0. The minimum atomic E-state index is 0.222. The minimum Gasteiger partial charge on any atom is -0.377 e. The SMILES string of the molecule is CCC1CCCCC1(CN)N(C)C1CCOC1C. The van der Waals surface area contributed by atoms with Crippen LogP contribution in [0.25, 0.3) is 0 Å². The normalized spacial score (nSPS) is 41.5. The van der Waals surface area contributed by atoms with Crippen molar-refractivity contribution >= 4 is 0 Å². The molecule has 106 valence electrons. The summed E-state index contributed by atoms with van der Waals surface area (Å²) in [6.45, 7) is 6.24. The van der Waals surface area contributed by atoms with Gasteiger partial charge in [-0.25, -0.2) is 0 Å². The van der Waals surface area contributed by atoms with Crippen molar-refractivity contribution in [3.05, 3.63) is 0 Å². The zero-order valence-electron chi connectivity index (χ0n) is 12.3. The molecule has 0 radical (unpaired) electrons. The number of nitrogens with zero attached hydrogens (tertiary/aromatic N) is 1. The van der Waals surface area contributed by atoms with Crippen LogP contribution in [0.3, 0.4) is 0 Å². The molecule has 4 atom stereocenters. The van der Waals surface area contributed by atoms with E-state index in [1.165, 1.54) is 32.1 Å². The minimum absolute atomic E-state index is 0.222. The van der Waals surface area contributed by atoms with Gasteiger partial charge < -0.3 is 10.5 Å². The third kappa shape index (κ3) is 2.33. The van der Waals surface area contributed by atoms with Crippen LogP contribution in [0.5, 0.6) is 0 Å². The van der Waals surface area contributed by atoms with Gasteiger partial charge in [0.15, 0.2) is 0 Å². The smallest absolute Gasteiger partial charge is 0.0703 e. The standard InChI is InChI=1S/C15H30N2O/c1-4-13-7-5-6-9-15(13,11-16)17(3)14-8-10-18-12(14)2/h12-14H,4-11,16H2,1-3H3. The molecule has 4 unspecified atom stereocenters. The monoisotopic (exact) mass is 254 g/mol. The Hall–Kier alpha value is -0.120. The average Bonchev–Trinajstić information content (AvgIpc) is 2.83. The molecule has 3 heteroatoms. The van der Waals surface area contributed by atoms with Crippen LogP contribution >= 0.6 is 0 Å². The molecule has 2 N–H and O–H groups in total. The van der Waals surface area contributed by atoms with Gasteiger partial charge in [0, 0.05) is 24.7 Å². The Kier molecular flexibility index (Phi) is 4.68. The maximum absolute atomic E-state index is 6.24. The van der Waals surface area contributed by atoms with Crippen LogP contribution in [0.4, 0.5) is 0 Å². The molecule has 2 rings (SSSR count). The molecule has 3 nitrogen and oxygen atoms in total. The van der Waals surface area contributed by atoms with E-state index in [0.29, 0.717) is 12.1 Å². The molecule has 0 aromatic heterocycles. The van der Waals surface area contributed by atoms with Gasteiger partial charge in [-0.05, 0) is 39.2 Å². The Morgan fingerprint density at radius 1 is 1.33 bits per heavy atom. The largest absolute Gasteiger partial charge is 0.377 e. The molecule has 0 amide bonds. The molecule has 0 bridgehead atoms. The van der Waals surface area contributed by atoms with Crippen molar-refractivity contribution < 1.29 is 4.74 Å². The molecule has 18 heavy (non-hydrogen) atoms. The van der Waals surface area contributed by atoms with Gasteiger partial charge in [-0.3, -0.25) is 4.90 Å². The summed E-state index contributed by atoms with van der Waals surface area (Å²) in [6.07, 6.45) is 8.10. The number of ether oxygens (including phenoxy) is 1. The highest BCUT2D eigenvalue weighted by molar-refractivity contribution is 5.02. The maximum atomic E-state index is 6.24. The third-order valence-corrected chi connectivity index (χ3v) is 5.55. The maximum Gasteiger partial charge on any atom is 0.0703 e. The molecule has 1 aliphatic heterocycles. The molecule has 0 aromatic carbocycles. The van der Waals surface area contributed by atoms with E-state index in [-0.39, 0.29) is 5.54 Å². The lowest BCUT2D eigenvalue weighted by Gasteiger charge is -2.52. The van der Waals surface area contributed by atoms with Crippen molar-refractivity contribution in [3.8, 4) is 0 Å². The van der Waals surface area contributed by atoms with Crippen LogP contribution in [-0.2, 0) is 4.74 Å². The van der Waals surface area contributed by atoms with Crippen molar-refractivity contribution in [2.45, 2.75) is 70.1 Å². The van der Waals surface area contributed by atoms with Gasteiger partial charge in [0.25, 0.3) is 0 Å². The molecule has 0 aromatic rings. The lowest BCUT2D eigenvalue weighted by molar-refractivity contribution is -0.0265. The average molecular weight is 254 g/mol. The number of hydrogen-bond acceptors (Lipinski definition) is 3. The summed E-state index contributed by atoms with van der Waals surface area (Å²) in [6, 6.07) is 0.556.